The molecule has 39 heavy (non-hydrogen) atoms. The fourth-order valence-electron chi connectivity index (χ4n) is 4.67. The number of carbonyl (C=O) groups excluding carboxylic acids is 1. The van der Waals surface area contributed by atoms with Crippen LogP contribution in [0.3, 0.4) is 0 Å². The van der Waals surface area contributed by atoms with Gasteiger partial charge in [-0.25, -0.2) is 9.18 Å². The van der Waals surface area contributed by atoms with Crippen molar-refractivity contribution < 1.29 is 33.3 Å². The first-order valence-electron chi connectivity index (χ1n) is 12.5. The molecule has 0 aliphatic carbocycles. The van der Waals surface area contributed by atoms with Gasteiger partial charge in [0.05, 0.1) is 32.5 Å². The van der Waals surface area contributed by atoms with Crippen molar-refractivity contribution in [3.8, 4) is 17.2 Å². The smallest absolute Gasteiger partial charge is 0.335 e. The molecule has 0 atom stereocenters. The number of methoxy groups -OCH3 is 3. The van der Waals surface area contributed by atoms with Crippen LogP contribution in [0.15, 0.2) is 54.6 Å². The van der Waals surface area contributed by atoms with E-state index in [1.165, 1.54) is 30.3 Å². The maximum atomic E-state index is 14.2. The molecule has 1 saturated heterocycles. The van der Waals surface area contributed by atoms with Gasteiger partial charge in [0, 0.05) is 50.5 Å². The minimum atomic E-state index is -1.11. The van der Waals surface area contributed by atoms with Gasteiger partial charge in [0.2, 0.25) is 5.75 Å². The molecule has 1 aliphatic rings. The van der Waals surface area contributed by atoms with E-state index in [2.05, 4.69) is 15.1 Å². The normalized spacial score (nSPS) is 14.1. The van der Waals surface area contributed by atoms with Crippen molar-refractivity contribution in [2.24, 2.45) is 0 Å². The van der Waals surface area contributed by atoms with Crippen molar-refractivity contribution >= 4 is 17.6 Å². The zero-order chi connectivity index (χ0) is 27.9. The van der Waals surface area contributed by atoms with Crippen LogP contribution in [0.4, 0.5) is 10.1 Å². The number of rotatable bonds is 10. The third-order valence-electron chi connectivity index (χ3n) is 6.76. The van der Waals surface area contributed by atoms with E-state index in [0.717, 1.165) is 37.3 Å². The number of aromatic carboxylic acids is 1. The summed E-state index contributed by atoms with van der Waals surface area (Å²) in [6, 6.07) is 14.1. The fourth-order valence-corrected chi connectivity index (χ4v) is 4.67. The Morgan fingerprint density at radius 1 is 0.846 bits per heavy atom. The number of anilines is 1. The van der Waals surface area contributed by atoms with Crippen molar-refractivity contribution in [2.45, 2.75) is 13.1 Å². The van der Waals surface area contributed by atoms with Gasteiger partial charge in [-0.3, -0.25) is 14.6 Å². The number of nitrogens with one attached hydrogen (secondary N) is 1. The largest absolute Gasteiger partial charge is 0.493 e. The van der Waals surface area contributed by atoms with Crippen molar-refractivity contribution in [1.29, 1.82) is 0 Å². The second-order valence-electron chi connectivity index (χ2n) is 9.16. The average Bonchev–Trinajstić information content (AvgIpc) is 2.94. The Labute approximate surface area is 226 Å². The molecule has 1 heterocycles. The number of carbonyl (C=O) groups is 2. The molecule has 9 nitrogen and oxygen atoms in total. The standard InChI is InChI=1S/C29H32FN3O6/c1-37-25-11-10-21(26(38-2)27(25)39-3)18-33-14-12-32(13-15-33)17-20-9-8-19(29(35)36)16-24(20)31-28(34)22-6-4-5-7-23(22)30/h4-11,16H,12-15,17-18H2,1-3H3,(H,31,34)(H,35,36). The second-order valence-corrected chi connectivity index (χ2v) is 9.16. The third kappa shape index (κ3) is 6.47. The summed E-state index contributed by atoms with van der Waals surface area (Å²) in [6.07, 6.45) is 0. The van der Waals surface area contributed by atoms with Crippen LogP contribution in [0.5, 0.6) is 17.2 Å². The first-order chi connectivity index (χ1) is 18.8. The molecular weight excluding hydrogens is 505 g/mol. The van der Waals surface area contributed by atoms with Gasteiger partial charge in [0.15, 0.2) is 11.5 Å². The summed E-state index contributed by atoms with van der Waals surface area (Å²) >= 11 is 0. The van der Waals surface area contributed by atoms with Crippen LogP contribution in [0.2, 0.25) is 0 Å². The number of carboxylic acid groups (broad SMARTS) is 1. The molecule has 0 radical (unpaired) electrons. The number of hydrogen-bond donors (Lipinski definition) is 2. The van der Waals surface area contributed by atoms with Crippen molar-refractivity contribution in [1.82, 2.24) is 9.80 Å². The number of piperazine rings is 1. The zero-order valence-electron chi connectivity index (χ0n) is 22.2. The van der Waals surface area contributed by atoms with Gasteiger partial charge >= 0.3 is 5.97 Å². The van der Waals surface area contributed by atoms with Crippen LogP contribution in [0, 0.1) is 5.82 Å². The lowest BCUT2D eigenvalue weighted by Crippen LogP contribution is -2.45. The van der Waals surface area contributed by atoms with Gasteiger partial charge in [0.1, 0.15) is 5.82 Å². The molecule has 0 spiro atoms. The summed E-state index contributed by atoms with van der Waals surface area (Å²) < 4.78 is 30.7. The Balaban J connectivity index is 1.44. The number of amides is 1. The molecule has 3 aromatic rings. The van der Waals surface area contributed by atoms with Gasteiger partial charge in [-0.15, -0.1) is 0 Å². The molecular formula is C29H32FN3O6. The summed E-state index contributed by atoms with van der Waals surface area (Å²) in [5.41, 5.74) is 2.02. The molecule has 4 rings (SSSR count). The summed E-state index contributed by atoms with van der Waals surface area (Å²) in [5.74, 6) is -0.574. The highest BCUT2D eigenvalue weighted by Crippen LogP contribution is 2.40. The highest BCUT2D eigenvalue weighted by molar-refractivity contribution is 6.05. The van der Waals surface area contributed by atoms with E-state index >= 15 is 0 Å². The van der Waals surface area contributed by atoms with Gasteiger partial charge < -0.3 is 24.6 Å². The maximum Gasteiger partial charge on any atom is 0.335 e. The van der Waals surface area contributed by atoms with Crippen molar-refractivity contribution in [2.75, 3.05) is 52.8 Å². The molecule has 1 fully saturated rings. The fraction of sp³-hybridized carbons (Fsp3) is 0.310. The molecule has 10 heteroatoms. The monoisotopic (exact) mass is 537 g/mol. The average molecular weight is 538 g/mol. The summed E-state index contributed by atoms with van der Waals surface area (Å²) in [5, 5.41) is 12.2. The Morgan fingerprint density at radius 3 is 2.05 bits per heavy atom. The van der Waals surface area contributed by atoms with Crippen LogP contribution in [-0.2, 0) is 13.1 Å². The third-order valence-corrected chi connectivity index (χ3v) is 6.76. The molecule has 0 bridgehead atoms. The summed E-state index contributed by atoms with van der Waals surface area (Å²) in [4.78, 5) is 28.9. The van der Waals surface area contributed by atoms with Gasteiger partial charge in [-0.1, -0.05) is 24.3 Å². The molecule has 1 aliphatic heterocycles. The molecule has 206 valence electrons. The highest BCUT2D eigenvalue weighted by atomic mass is 19.1. The predicted octanol–water partition coefficient (Wildman–Crippen LogP) is 4.12. The van der Waals surface area contributed by atoms with Gasteiger partial charge in [-0.2, -0.15) is 0 Å². The van der Waals surface area contributed by atoms with E-state index < -0.39 is 17.7 Å². The number of ether oxygens (including phenoxy) is 3. The van der Waals surface area contributed by atoms with Crippen LogP contribution in [-0.4, -0.2) is 74.3 Å². The van der Waals surface area contributed by atoms with Crippen molar-refractivity contribution in [3.05, 3.63) is 82.7 Å². The number of nitrogens with zero attached hydrogens (tertiary/aromatic N) is 2. The predicted molar refractivity (Wildman–Crippen MR) is 144 cm³/mol. The lowest BCUT2D eigenvalue weighted by Gasteiger charge is -2.35. The number of halogens is 1. The van der Waals surface area contributed by atoms with Crippen LogP contribution in [0.25, 0.3) is 0 Å². The van der Waals surface area contributed by atoms with Gasteiger partial charge in [-0.05, 0) is 35.9 Å². The Hall–Kier alpha value is -4.15. The Bertz CT molecular complexity index is 1340. The minimum Gasteiger partial charge on any atom is -0.493 e. The molecule has 0 unspecified atom stereocenters. The molecule has 0 aromatic heterocycles. The van der Waals surface area contributed by atoms with E-state index in [9.17, 15) is 19.1 Å². The van der Waals surface area contributed by atoms with E-state index in [1.54, 1.807) is 33.5 Å². The molecule has 2 N–H and O–H groups in total. The van der Waals surface area contributed by atoms with Crippen LogP contribution in [0.1, 0.15) is 31.8 Å². The van der Waals surface area contributed by atoms with E-state index in [4.69, 9.17) is 14.2 Å². The summed E-state index contributed by atoms with van der Waals surface area (Å²) in [7, 11) is 4.78. The first kappa shape index (κ1) is 27.9. The quantitative estimate of drug-likeness (QED) is 0.399. The maximum absolute atomic E-state index is 14.2. The van der Waals surface area contributed by atoms with E-state index in [-0.39, 0.29) is 11.1 Å². The lowest BCUT2D eigenvalue weighted by molar-refractivity contribution is 0.0696. The Kier molecular flexibility index (Phi) is 9.00. The topological polar surface area (TPSA) is 101 Å². The van der Waals surface area contributed by atoms with Crippen LogP contribution >= 0.6 is 0 Å². The summed E-state index contributed by atoms with van der Waals surface area (Å²) in [6.45, 7) is 4.28. The second kappa shape index (κ2) is 12.6. The van der Waals surface area contributed by atoms with E-state index in [1.807, 2.05) is 12.1 Å². The molecule has 3 aromatic carbocycles. The highest BCUT2D eigenvalue weighted by Gasteiger charge is 2.23. The Morgan fingerprint density at radius 2 is 1.46 bits per heavy atom. The van der Waals surface area contributed by atoms with Crippen molar-refractivity contribution in [3.63, 3.8) is 0 Å². The molecule has 0 saturated carbocycles. The zero-order valence-corrected chi connectivity index (χ0v) is 22.2. The first-order valence-corrected chi connectivity index (χ1v) is 12.5. The van der Waals surface area contributed by atoms with E-state index in [0.29, 0.717) is 36.0 Å². The molecule has 1 amide bonds. The number of hydrogen-bond acceptors (Lipinski definition) is 7. The van der Waals surface area contributed by atoms with Crippen LogP contribution < -0.4 is 19.5 Å². The minimum absolute atomic E-state index is 0.0382. The number of benzene rings is 3. The lowest BCUT2D eigenvalue weighted by atomic mass is 10.1. The SMILES string of the molecule is COc1ccc(CN2CCN(Cc3ccc(C(=O)O)cc3NC(=O)c3ccccc3F)CC2)c(OC)c1OC. The van der Waals surface area contributed by atoms with Gasteiger partial charge in [0.25, 0.3) is 5.91 Å². The number of carboxylic acids is 1.